The number of aliphatic hydroxyl groups excluding tert-OH is 1. The number of piperidine rings is 1. The number of esters is 1. The Labute approximate surface area is 481 Å². The van der Waals surface area contributed by atoms with Gasteiger partial charge in [-0.2, -0.15) is 5.26 Å². The van der Waals surface area contributed by atoms with Crippen molar-refractivity contribution in [2.45, 2.75) is 129 Å². The average molecular weight is 1120 g/mol. The fourth-order valence-corrected chi connectivity index (χ4v) is 12.3. The number of methoxy groups -OCH3 is 1. The van der Waals surface area contributed by atoms with Crippen LogP contribution in [0.5, 0.6) is 5.75 Å². The third-order valence-corrected chi connectivity index (χ3v) is 17.0. The highest BCUT2D eigenvalue weighted by molar-refractivity contribution is 5.96. The molecule has 18 nitrogen and oxygen atoms in total. The Hall–Kier alpha value is -7.32. The Morgan fingerprint density at radius 3 is 2.48 bits per heavy atom. The largest absolute Gasteiger partial charge is 0.508 e. The smallest absolute Gasteiger partial charge is 0.324 e. The molecule has 3 saturated heterocycles. The monoisotopic (exact) mass is 1120 g/mol. The molecule has 18 heteroatoms. The highest BCUT2D eigenvalue weighted by Crippen LogP contribution is 2.43. The molecule has 6 heterocycles. The van der Waals surface area contributed by atoms with Crippen molar-refractivity contribution >= 4 is 40.3 Å². The molecule has 3 fully saturated rings. The van der Waals surface area contributed by atoms with Crippen LogP contribution < -0.4 is 16.5 Å². The van der Waals surface area contributed by atoms with E-state index in [0.717, 1.165) is 44.5 Å². The number of phenolic OH excluding ortho intramolecular Hbond substituents is 1. The van der Waals surface area contributed by atoms with Gasteiger partial charge in [-0.25, -0.2) is 5.43 Å². The summed E-state index contributed by atoms with van der Waals surface area (Å²) in [6.07, 6.45) is 3.63. The molecule has 0 saturated carbocycles. The summed E-state index contributed by atoms with van der Waals surface area (Å²) in [7, 11) is 3.25. The summed E-state index contributed by atoms with van der Waals surface area (Å²) in [6, 6.07) is 20.1. The first-order valence-corrected chi connectivity index (χ1v) is 28.8. The van der Waals surface area contributed by atoms with E-state index in [1.807, 2.05) is 45.0 Å². The Morgan fingerprint density at radius 2 is 1.78 bits per heavy atom. The molecule has 6 N–H and O–H groups in total. The summed E-state index contributed by atoms with van der Waals surface area (Å²) >= 11 is 0. The molecule has 434 valence electrons. The Kier molecular flexibility index (Phi) is 18.1. The van der Waals surface area contributed by atoms with E-state index in [0.29, 0.717) is 93.7 Å². The number of likely N-dealkylation sites (tertiary alicyclic amines) is 1. The molecular weight excluding hydrogens is 1040 g/mol. The van der Waals surface area contributed by atoms with E-state index in [1.54, 1.807) is 44.6 Å². The Bertz CT molecular complexity index is 3290. The average Bonchev–Trinajstić information content (AvgIpc) is 4.24. The number of fused-ring (bicyclic) bond motifs is 6. The van der Waals surface area contributed by atoms with Crippen molar-refractivity contribution in [2.24, 2.45) is 16.7 Å². The van der Waals surface area contributed by atoms with Crippen LogP contribution in [0, 0.1) is 39.9 Å². The number of nitrogens with one attached hydrogen (secondary N) is 2. The molecule has 2 aromatic heterocycles. The van der Waals surface area contributed by atoms with Gasteiger partial charge in [-0.1, -0.05) is 63.8 Å². The van der Waals surface area contributed by atoms with E-state index in [1.165, 1.54) is 9.91 Å². The fourth-order valence-electron chi connectivity index (χ4n) is 12.3. The summed E-state index contributed by atoms with van der Waals surface area (Å²) in [5.74, 6) is 4.16. The van der Waals surface area contributed by atoms with Gasteiger partial charge in [0.25, 0.3) is 11.8 Å². The number of hydrogen-bond acceptors (Lipinski definition) is 14. The SMILES string of the molecule is CCn1c(-c2cc(C#CCN3CCC(C#N)(CO)CC3)cnc2[C@H](C)OC)c2c3cc(ccc31)-c1cc(O)cc(c1)C[C@H](NC(=O)[C@H](C(C)C)N(C)C(=O)[C@@H]1OCC[C@@H]1c1ccc(N)cc1)C(=O)N1CCC[C@H](N1)C(=O)OCC(C)(C)C2. The number of aryl methyl sites for hydroxylation is 1. The molecular formula is C64H79N9O9. The van der Waals surface area contributed by atoms with Crippen molar-refractivity contribution in [3.05, 3.63) is 101 Å². The summed E-state index contributed by atoms with van der Waals surface area (Å²) in [6.45, 7) is 14.8. The van der Waals surface area contributed by atoms with Crippen LogP contribution in [0.1, 0.15) is 114 Å². The van der Waals surface area contributed by atoms with E-state index in [-0.39, 0.29) is 49.7 Å². The number of nitrogens with two attached hydrogens (primary N) is 1. The minimum atomic E-state index is -1.20. The first-order valence-electron chi connectivity index (χ1n) is 28.8. The molecule has 0 radical (unpaired) electrons. The van der Waals surface area contributed by atoms with Gasteiger partial charge in [-0.05, 0) is 129 Å². The molecule has 4 aliphatic rings. The molecule has 9 rings (SSSR count). The summed E-state index contributed by atoms with van der Waals surface area (Å²) in [4.78, 5) is 67.1. The zero-order chi connectivity index (χ0) is 58.6. The quantitative estimate of drug-likeness (QED) is 0.0479. The van der Waals surface area contributed by atoms with Crippen LogP contribution in [0.3, 0.4) is 0 Å². The van der Waals surface area contributed by atoms with E-state index >= 15 is 0 Å². The second-order valence-corrected chi connectivity index (χ2v) is 23.9. The number of cyclic esters (lactones) is 1. The standard InChI is InChI=1S/C64H79N9O9/c1-9-72-54-19-16-44-33-49(54)51(57(72)50-30-41(35-67-55(50)40(4)80-8)12-10-23-71-25-21-64(36-65,37-74)22-26-71)34-63(5,6)38-82-62(79)52-13-11-24-73(69-52)60(77)53(31-42-28-45(44)32-47(75)29-42)68-59(76)56(39(2)3)70(7)61(78)58-48(20-27-81-58)43-14-17-46(66)18-15-43/h14-19,28-30,32-33,35,39-40,48,52-53,56,58,69,74-75H,9,11,13,20-27,31,34,37-38,66H2,1-8H3,(H,68,76)/t40-,48+,52-,53-,56-,58+/m0/s1. The maximum Gasteiger partial charge on any atom is 0.324 e. The lowest BCUT2D eigenvalue weighted by Crippen LogP contribution is -2.62. The van der Waals surface area contributed by atoms with Crippen molar-refractivity contribution in [2.75, 3.05) is 65.9 Å². The number of nitrogen functional groups attached to an aromatic ring is 1. The maximum atomic E-state index is 15.0. The van der Waals surface area contributed by atoms with Crippen LogP contribution >= 0.6 is 0 Å². The number of pyridine rings is 1. The first-order chi connectivity index (χ1) is 39.3. The van der Waals surface area contributed by atoms with Gasteiger partial charge >= 0.3 is 5.97 Å². The molecule has 3 amide bonds. The van der Waals surface area contributed by atoms with Crippen molar-refractivity contribution in [1.82, 2.24) is 35.1 Å². The number of nitriles is 1. The number of likely N-dealkylation sites (N-methyl/N-ethyl adjacent to an activating group) is 1. The number of hydrogen-bond donors (Lipinski definition) is 5. The minimum Gasteiger partial charge on any atom is -0.508 e. The van der Waals surface area contributed by atoms with Crippen molar-refractivity contribution in [1.29, 1.82) is 5.26 Å². The van der Waals surface area contributed by atoms with E-state index in [4.69, 9.17) is 24.9 Å². The third kappa shape index (κ3) is 12.7. The van der Waals surface area contributed by atoms with Crippen LogP contribution in [-0.4, -0.2) is 143 Å². The van der Waals surface area contributed by atoms with Gasteiger partial charge in [0, 0.05) is 98.6 Å². The second kappa shape index (κ2) is 25.0. The number of nitrogens with zero attached hydrogens (tertiary/aromatic N) is 6. The lowest BCUT2D eigenvalue weighted by molar-refractivity contribution is -0.155. The van der Waals surface area contributed by atoms with Gasteiger partial charge in [0.1, 0.15) is 30.0 Å². The van der Waals surface area contributed by atoms with Crippen LogP contribution in [0.4, 0.5) is 5.69 Å². The first kappa shape index (κ1) is 59.3. The van der Waals surface area contributed by atoms with Crippen LogP contribution in [0.2, 0.25) is 0 Å². The summed E-state index contributed by atoms with van der Waals surface area (Å²) in [5, 5.41) is 36.5. The normalized spacial score (nSPS) is 21.8. The maximum absolute atomic E-state index is 15.0. The number of ether oxygens (including phenoxy) is 3. The number of aromatic nitrogens is 2. The van der Waals surface area contributed by atoms with Crippen molar-refractivity contribution < 1.29 is 43.6 Å². The molecule has 3 aromatic carbocycles. The van der Waals surface area contributed by atoms with Gasteiger partial charge in [0.15, 0.2) is 0 Å². The van der Waals surface area contributed by atoms with E-state index < -0.39 is 58.9 Å². The third-order valence-electron chi connectivity index (χ3n) is 17.0. The van der Waals surface area contributed by atoms with Gasteiger partial charge in [-0.15, -0.1) is 0 Å². The van der Waals surface area contributed by atoms with Gasteiger partial charge in [-0.3, -0.25) is 34.1 Å². The molecule has 5 aromatic rings. The lowest BCUT2D eigenvalue weighted by atomic mass is 9.81. The lowest BCUT2D eigenvalue weighted by Gasteiger charge is -2.37. The number of anilines is 1. The fraction of sp³-hybridized carbons (Fsp3) is 0.500. The molecule has 6 atom stereocenters. The summed E-state index contributed by atoms with van der Waals surface area (Å²) in [5.41, 5.74) is 16.5. The topological polar surface area (TPSA) is 238 Å². The Balaban J connectivity index is 1.10. The number of aliphatic hydroxyl groups is 1. The van der Waals surface area contributed by atoms with Crippen LogP contribution in [0.25, 0.3) is 33.3 Å². The van der Waals surface area contributed by atoms with E-state index in [9.17, 15) is 34.7 Å². The zero-order valence-electron chi connectivity index (χ0n) is 48.6. The summed E-state index contributed by atoms with van der Waals surface area (Å²) < 4.78 is 20.5. The van der Waals surface area contributed by atoms with Crippen molar-refractivity contribution in [3.63, 3.8) is 0 Å². The number of carbonyl (C=O) groups is 4. The number of hydrazine groups is 1. The second-order valence-electron chi connectivity index (χ2n) is 23.9. The predicted molar refractivity (Wildman–Crippen MR) is 312 cm³/mol. The molecule has 6 bridgehead atoms. The molecule has 82 heavy (non-hydrogen) atoms. The van der Waals surface area contributed by atoms with Gasteiger partial charge < -0.3 is 44.9 Å². The molecule has 0 spiro atoms. The number of benzene rings is 3. The molecule has 4 aliphatic heterocycles. The van der Waals surface area contributed by atoms with Gasteiger partial charge in [0.05, 0.1) is 48.7 Å². The minimum absolute atomic E-state index is 0.0351. The number of rotatable bonds is 12. The molecule has 0 aliphatic carbocycles. The zero-order valence-corrected chi connectivity index (χ0v) is 48.6. The number of aromatic hydroxyl groups is 1. The molecule has 0 unspecified atom stereocenters. The Morgan fingerprint density at radius 1 is 1.02 bits per heavy atom. The van der Waals surface area contributed by atoms with E-state index in [2.05, 4.69) is 77.1 Å². The predicted octanol–water partition coefficient (Wildman–Crippen LogP) is 7.04. The van der Waals surface area contributed by atoms with Gasteiger partial charge in [0.2, 0.25) is 5.91 Å². The number of carbonyl (C=O) groups excluding carboxylic acids is 4. The highest BCUT2D eigenvalue weighted by atomic mass is 16.5. The number of phenols is 1. The van der Waals surface area contributed by atoms with Crippen LogP contribution in [-0.2, 0) is 52.8 Å². The van der Waals surface area contributed by atoms with Crippen molar-refractivity contribution in [3.8, 4) is 46.0 Å². The highest BCUT2D eigenvalue weighted by Gasteiger charge is 2.43. The van der Waals surface area contributed by atoms with Crippen LogP contribution in [0.15, 0.2) is 72.9 Å². The number of amides is 3.